The van der Waals surface area contributed by atoms with Gasteiger partial charge in [0, 0.05) is 5.92 Å². The Morgan fingerprint density at radius 3 is 2.58 bits per heavy atom. The molecule has 1 aliphatic heterocycles. The quantitative estimate of drug-likeness (QED) is 0.601. The van der Waals surface area contributed by atoms with Gasteiger partial charge in [-0.2, -0.15) is 0 Å². The van der Waals surface area contributed by atoms with Gasteiger partial charge in [-0.15, -0.1) is 23.5 Å². The van der Waals surface area contributed by atoms with Crippen LogP contribution >= 0.6 is 23.5 Å². The van der Waals surface area contributed by atoms with Crippen LogP contribution in [-0.4, -0.2) is 21.4 Å². The first-order valence-electron chi connectivity index (χ1n) is 4.57. The summed E-state index contributed by atoms with van der Waals surface area (Å²) in [4.78, 5) is 11.8. The molecule has 1 aliphatic carbocycles. The van der Waals surface area contributed by atoms with Gasteiger partial charge >= 0.3 is 0 Å². The van der Waals surface area contributed by atoms with Crippen molar-refractivity contribution in [3.05, 3.63) is 0 Å². The van der Waals surface area contributed by atoms with Crippen molar-refractivity contribution in [3.63, 3.8) is 0 Å². The standard InChI is InChI=1S/C9H14OS2/c1-7-3-4-9(8(7)10)11-5-2-6-12-9/h7H,2-6H2,1H3. The van der Waals surface area contributed by atoms with Gasteiger partial charge in [-0.1, -0.05) is 6.92 Å². The van der Waals surface area contributed by atoms with Crippen molar-refractivity contribution in [1.29, 1.82) is 0 Å². The summed E-state index contributed by atoms with van der Waals surface area (Å²) >= 11 is 3.80. The van der Waals surface area contributed by atoms with Crippen molar-refractivity contribution in [1.82, 2.24) is 0 Å². The van der Waals surface area contributed by atoms with E-state index in [1.165, 1.54) is 17.9 Å². The first kappa shape index (κ1) is 8.95. The molecule has 3 heteroatoms. The summed E-state index contributed by atoms with van der Waals surface area (Å²) in [5, 5.41) is 0. The van der Waals surface area contributed by atoms with Gasteiger partial charge in [-0.05, 0) is 30.8 Å². The molecule has 68 valence electrons. The zero-order valence-corrected chi connectivity index (χ0v) is 8.97. The fraction of sp³-hybridized carbons (Fsp3) is 0.889. The summed E-state index contributed by atoms with van der Waals surface area (Å²) in [6, 6.07) is 0. The third-order valence-corrected chi connectivity index (χ3v) is 6.12. The lowest BCUT2D eigenvalue weighted by Crippen LogP contribution is -2.31. The van der Waals surface area contributed by atoms with E-state index in [0.717, 1.165) is 12.8 Å². The van der Waals surface area contributed by atoms with Gasteiger partial charge in [0.2, 0.25) is 0 Å². The predicted molar refractivity (Wildman–Crippen MR) is 55.7 cm³/mol. The molecule has 1 saturated heterocycles. The average Bonchev–Trinajstić information content (AvgIpc) is 2.37. The average molecular weight is 202 g/mol. The number of carbonyl (C=O) groups excluding carboxylic acids is 1. The van der Waals surface area contributed by atoms with E-state index in [9.17, 15) is 4.79 Å². The van der Waals surface area contributed by atoms with Crippen molar-refractivity contribution in [2.24, 2.45) is 5.92 Å². The Morgan fingerprint density at radius 2 is 2.08 bits per heavy atom. The molecule has 1 nitrogen and oxygen atoms in total. The lowest BCUT2D eigenvalue weighted by Gasteiger charge is -2.30. The Kier molecular flexibility index (Phi) is 2.43. The molecule has 0 aromatic rings. The third kappa shape index (κ3) is 1.31. The minimum atomic E-state index is -0.00231. The Hall–Kier alpha value is 0.370. The van der Waals surface area contributed by atoms with Crippen LogP contribution in [-0.2, 0) is 4.79 Å². The SMILES string of the molecule is CC1CCC2(SCCCS2)C1=O. The van der Waals surface area contributed by atoms with E-state index >= 15 is 0 Å². The van der Waals surface area contributed by atoms with Crippen molar-refractivity contribution in [2.45, 2.75) is 30.3 Å². The number of thioether (sulfide) groups is 2. The monoisotopic (exact) mass is 202 g/mol. The van der Waals surface area contributed by atoms with E-state index in [1.807, 2.05) is 23.5 Å². The maximum Gasteiger partial charge on any atom is 0.161 e. The highest BCUT2D eigenvalue weighted by atomic mass is 32.2. The highest BCUT2D eigenvalue weighted by Crippen LogP contribution is 2.52. The smallest absolute Gasteiger partial charge is 0.161 e. The largest absolute Gasteiger partial charge is 0.297 e. The van der Waals surface area contributed by atoms with Crippen molar-refractivity contribution < 1.29 is 4.79 Å². The second-order valence-corrected chi connectivity index (χ2v) is 6.65. The van der Waals surface area contributed by atoms with Crippen LogP contribution in [0.15, 0.2) is 0 Å². The number of ketones is 1. The van der Waals surface area contributed by atoms with Gasteiger partial charge in [-0.3, -0.25) is 4.79 Å². The Bertz CT molecular complexity index is 191. The predicted octanol–water partition coefficient (Wildman–Crippen LogP) is 2.55. The molecule has 12 heavy (non-hydrogen) atoms. The first-order chi connectivity index (χ1) is 5.75. The molecule has 0 N–H and O–H groups in total. The van der Waals surface area contributed by atoms with E-state index < -0.39 is 0 Å². The van der Waals surface area contributed by atoms with E-state index in [4.69, 9.17) is 0 Å². The summed E-state index contributed by atoms with van der Waals surface area (Å²) < 4.78 is -0.00231. The summed E-state index contributed by atoms with van der Waals surface area (Å²) in [7, 11) is 0. The zero-order valence-electron chi connectivity index (χ0n) is 7.34. The molecular formula is C9H14OS2. The Balaban J connectivity index is 2.14. The minimum absolute atomic E-state index is 0.00231. The fourth-order valence-electron chi connectivity index (χ4n) is 1.90. The molecule has 0 aromatic carbocycles. The van der Waals surface area contributed by atoms with Crippen molar-refractivity contribution >= 4 is 29.3 Å². The highest BCUT2D eigenvalue weighted by molar-refractivity contribution is 8.19. The van der Waals surface area contributed by atoms with Crippen LogP contribution in [0.4, 0.5) is 0 Å². The number of rotatable bonds is 0. The normalized spacial score (nSPS) is 34.4. The van der Waals surface area contributed by atoms with Crippen LogP contribution in [0.5, 0.6) is 0 Å². The maximum absolute atomic E-state index is 11.8. The third-order valence-electron chi connectivity index (χ3n) is 2.69. The summed E-state index contributed by atoms with van der Waals surface area (Å²) in [6.07, 6.45) is 3.50. The second kappa shape index (κ2) is 3.26. The number of hydrogen-bond donors (Lipinski definition) is 0. The van der Waals surface area contributed by atoms with Crippen LogP contribution in [0.2, 0.25) is 0 Å². The molecule has 0 bridgehead atoms. The number of carbonyl (C=O) groups is 1. The van der Waals surface area contributed by atoms with Crippen molar-refractivity contribution in [3.8, 4) is 0 Å². The van der Waals surface area contributed by atoms with Gasteiger partial charge in [-0.25, -0.2) is 0 Å². The van der Waals surface area contributed by atoms with Crippen LogP contribution < -0.4 is 0 Å². The molecule has 0 amide bonds. The molecule has 0 aromatic heterocycles. The molecule has 0 radical (unpaired) electrons. The molecule has 1 spiro atoms. The lowest BCUT2D eigenvalue weighted by molar-refractivity contribution is -0.120. The van der Waals surface area contributed by atoms with Gasteiger partial charge in [0.25, 0.3) is 0 Å². The molecule has 1 unspecified atom stereocenters. The maximum atomic E-state index is 11.8. The van der Waals surface area contributed by atoms with E-state index in [-0.39, 0.29) is 4.08 Å². The van der Waals surface area contributed by atoms with Crippen molar-refractivity contribution in [2.75, 3.05) is 11.5 Å². The van der Waals surface area contributed by atoms with Gasteiger partial charge < -0.3 is 0 Å². The van der Waals surface area contributed by atoms with E-state index in [0.29, 0.717) is 11.7 Å². The Morgan fingerprint density at radius 1 is 1.42 bits per heavy atom. The lowest BCUT2D eigenvalue weighted by atomic mass is 10.1. The molecular weight excluding hydrogens is 188 g/mol. The minimum Gasteiger partial charge on any atom is -0.297 e. The van der Waals surface area contributed by atoms with Crippen LogP contribution in [0, 0.1) is 5.92 Å². The van der Waals surface area contributed by atoms with Crippen LogP contribution in [0.1, 0.15) is 26.2 Å². The molecule has 2 rings (SSSR count). The number of Topliss-reactive ketones (excluding diaryl/α,β-unsaturated/α-hetero) is 1. The summed E-state index contributed by atoms with van der Waals surface area (Å²) in [5.41, 5.74) is 0. The van der Waals surface area contributed by atoms with Crippen LogP contribution in [0.3, 0.4) is 0 Å². The highest BCUT2D eigenvalue weighted by Gasteiger charge is 2.47. The molecule has 1 heterocycles. The van der Waals surface area contributed by atoms with Gasteiger partial charge in [0.1, 0.15) is 4.08 Å². The zero-order chi connectivity index (χ0) is 8.60. The first-order valence-corrected chi connectivity index (χ1v) is 6.54. The van der Waals surface area contributed by atoms with E-state index in [1.54, 1.807) is 0 Å². The molecule has 1 saturated carbocycles. The molecule has 2 fully saturated rings. The Labute approximate surface area is 82.1 Å². The molecule has 2 aliphatic rings. The van der Waals surface area contributed by atoms with Crippen LogP contribution in [0.25, 0.3) is 0 Å². The van der Waals surface area contributed by atoms with Gasteiger partial charge in [0.05, 0.1) is 0 Å². The second-order valence-electron chi connectivity index (χ2n) is 3.61. The summed E-state index contributed by atoms with van der Waals surface area (Å²) in [6.45, 7) is 2.08. The summed E-state index contributed by atoms with van der Waals surface area (Å²) in [5.74, 6) is 3.21. The number of hydrogen-bond acceptors (Lipinski definition) is 3. The van der Waals surface area contributed by atoms with Gasteiger partial charge in [0.15, 0.2) is 5.78 Å². The fourth-order valence-corrected chi connectivity index (χ4v) is 5.36. The molecule has 1 atom stereocenters. The topological polar surface area (TPSA) is 17.1 Å². The van der Waals surface area contributed by atoms with E-state index in [2.05, 4.69) is 6.92 Å².